The van der Waals surface area contributed by atoms with Gasteiger partial charge in [-0.2, -0.15) is 0 Å². The zero-order valence-corrected chi connectivity index (χ0v) is 14.6. The highest BCUT2D eigenvalue weighted by Crippen LogP contribution is 2.32. The molecule has 1 amide bonds. The Kier molecular flexibility index (Phi) is 4.63. The first-order valence-corrected chi connectivity index (χ1v) is 9.39. The molecular weight excluding hydrogens is 326 g/mol. The van der Waals surface area contributed by atoms with E-state index >= 15 is 0 Å². The number of pyridine rings is 1. The minimum atomic E-state index is 0.146. The first-order chi connectivity index (χ1) is 11.7. The van der Waals surface area contributed by atoms with E-state index in [1.54, 1.807) is 6.20 Å². The van der Waals surface area contributed by atoms with Gasteiger partial charge in [0.15, 0.2) is 0 Å². The highest BCUT2D eigenvalue weighted by molar-refractivity contribution is 6.30. The van der Waals surface area contributed by atoms with Crippen molar-refractivity contribution in [2.24, 2.45) is 5.92 Å². The molecular formula is C18H24ClN3O2. The first kappa shape index (κ1) is 16.2. The second-order valence-corrected chi connectivity index (χ2v) is 7.47. The number of hydrogen-bond donors (Lipinski definition) is 0. The fraction of sp³-hybridized carbons (Fsp3) is 0.667. The largest absolute Gasteiger partial charge is 0.374 e. The summed E-state index contributed by atoms with van der Waals surface area (Å²) in [6.07, 6.45) is 7.15. The Morgan fingerprint density at radius 3 is 2.75 bits per heavy atom. The number of rotatable bonds is 2. The SMILES string of the molecule is O=C(C1CCN(c2ccc(Cl)cn2)CC1)N1CCO[C@@H]2CCC[C@H]21. The van der Waals surface area contributed by atoms with Crippen LogP contribution in [-0.4, -0.2) is 54.2 Å². The van der Waals surface area contributed by atoms with Crippen LogP contribution in [0.5, 0.6) is 0 Å². The van der Waals surface area contributed by atoms with Gasteiger partial charge in [-0.15, -0.1) is 0 Å². The zero-order chi connectivity index (χ0) is 16.5. The predicted molar refractivity (Wildman–Crippen MR) is 93.3 cm³/mol. The Morgan fingerprint density at radius 2 is 2.00 bits per heavy atom. The van der Waals surface area contributed by atoms with E-state index in [9.17, 15) is 4.79 Å². The monoisotopic (exact) mass is 349 g/mol. The van der Waals surface area contributed by atoms with Gasteiger partial charge >= 0.3 is 0 Å². The average molecular weight is 350 g/mol. The summed E-state index contributed by atoms with van der Waals surface area (Å²) in [5, 5.41) is 0.655. The third kappa shape index (κ3) is 3.11. The molecule has 1 aliphatic carbocycles. The number of carbonyl (C=O) groups excluding carboxylic acids is 1. The normalized spacial score (nSPS) is 28.0. The van der Waals surface area contributed by atoms with E-state index in [0.29, 0.717) is 23.6 Å². The van der Waals surface area contributed by atoms with Gasteiger partial charge in [0.1, 0.15) is 5.82 Å². The number of piperidine rings is 1. The molecule has 3 aliphatic rings. The van der Waals surface area contributed by atoms with Crippen molar-refractivity contribution < 1.29 is 9.53 Å². The van der Waals surface area contributed by atoms with E-state index in [4.69, 9.17) is 16.3 Å². The molecule has 0 unspecified atom stereocenters. The van der Waals surface area contributed by atoms with Crippen LogP contribution in [0.15, 0.2) is 18.3 Å². The van der Waals surface area contributed by atoms with Gasteiger partial charge in [0.2, 0.25) is 5.91 Å². The number of hydrogen-bond acceptors (Lipinski definition) is 4. The number of morpholine rings is 1. The fourth-order valence-corrected chi connectivity index (χ4v) is 4.46. The Morgan fingerprint density at radius 1 is 1.17 bits per heavy atom. The Hall–Kier alpha value is -1.33. The lowest BCUT2D eigenvalue weighted by Crippen LogP contribution is -2.54. The van der Waals surface area contributed by atoms with E-state index in [1.165, 1.54) is 6.42 Å². The van der Waals surface area contributed by atoms with Gasteiger partial charge < -0.3 is 14.5 Å². The van der Waals surface area contributed by atoms with E-state index in [2.05, 4.69) is 14.8 Å². The molecule has 2 atom stereocenters. The quantitative estimate of drug-likeness (QED) is 0.823. The van der Waals surface area contributed by atoms with Crippen LogP contribution in [-0.2, 0) is 9.53 Å². The maximum absolute atomic E-state index is 13.0. The molecule has 2 aliphatic heterocycles. The molecule has 0 bridgehead atoms. The average Bonchev–Trinajstić information content (AvgIpc) is 3.11. The molecule has 3 fully saturated rings. The molecule has 3 heterocycles. The molecule has 4 rings (SSSR count). The van der Waals surface area contributed by atoms with Crippen molar-refractivity contribution >= 4 is 23.3 Å². The highest BCUT2D eigenvalue weighted by Gasteiger charge is 2.40. The van der Waals surface area contributed by atoms with E-state index in [-0.39, 0.29) is 12.0 Å². The van der Waals surface area contributed by atoms with Crippen LogP contribution in [0, 0.1) is 5.92 Å². The number of aromatic nitrogens is 1. The summed E-state index contributed by atoms with van der Waals surface area (Å²) in [6, 6.07) is 4.15. The Bertz CT molecular complexity index is 586. The molecule has 0 N–H and O–H groups in total. The molecule has 0 radical (unpaired) electrons. The Labute approximate surface area is 147 Å². The van der Waals surface area contributed by atoms with Crippen molar-refractivity contribution in [2.45, 2.75) is 44.2 Å². The maximum Gasteiger partial charge on any atom is 0.226 e. The minimum Gasteiger partial charge on any atom is -0.374 e. The summed E-state index contributed by atoms with van der Waals surface area (Å²) < 4.78 is 5.83. The fourth-order valence-electron chi connectivity index (χ4n) is 4.34. The van der Waals surface area contributed by atoms with Crippen LogP contribution in [0.1, 0.15) is 32.1 Å². The van der Waals surface area contributed by atoms with Crippen molar-refractivity contribution in [3.63, 3.8) is 0 Å². The van der Waals surface area contributed by atoms with E-state index < -0.39 is 0 Å². The highest BCUT2D eigenvalue weighted by atomic mass is 35.5. The van der Waals surface area contributed by atoms with Crippen molar-refractivity contribution in [3.8, 4) is 0 Å². The minimum absolute atomic E-state index is 0.146. The van der Waals surface area contributed by atoms with E-state index in [0.717, 1.165) is 51.1 Å². The number of ether oxygens (including phenoxy) is 1. The summed E-state index contributed by atoms with van der Waals surface area (Å²) in [6.45, 7) is 3.21. The molecule has 0 spiro atoms. The molecule has 1 saturated carbocycles. The lowest BCUT2D eigenvalue weighted by atomic mass is 9.94. The van der Waals surface area contributed by atoms with Crippen LogP contribution in [0.4, 0.5) is 5.82 Å². The smallest absolute Gasteiger partial charge is 0.226 e. The van der Waals surface area contributed by atoms with Gasteiger partial charge in [-0.1, -0.05) is 11.6 Å². The number of fused-ring (bicyclic) bond motifs is 1. The third-order valence-corrected chi connectivity index (χ3v) is 5.87. The summed E-state index contributed by atoms with van der Waals surface area (Å²) in [5.74, 6) is 1.44. The number of amides is 1. The number of carbonyl (C=O) groups is 1. The Balaban J connectivity index is 1.36. The lowest BCUT2D eigenvalue weighted by Gasteiger charge is -2.41. The second-order valence-electron chi connectivity index (χ2n) is 7.04. The summed E-state index contributed by atoms with van der Waals surface area (Å²) in [5.41, 5.74) is 0. The van der Waals surface area contributed by atoms with E-state index in [1.807, 2.05) is 12.1 Å². The molecule has 1 aromatic heterocycles. The standard InChI is InChI=1S/C18H24ClN3O2/c19-14-4-5-17(20-12-14)21-8-6-13(7-9-21)18(23)22-10-11-24-16-3-1-2-15(16)22/h4-5,12-13,15-16H,1-3,6-11H2/t15-,16-/m1/s1. The van der Waals surface area contributed by atoms with Gasteiger partial charge in [0, 0.05) is 31.7 Å². The van der Waals surface area contributed by atoms with Crippen molar-refractivity contribution in [1.82, 2.24) is 9.88 Å². The number of nitrogens with zero attached hydrogens (tertiary/aromatic N) is 3. The number of halogens is 1. The van der Waals surface area contributed by atoms with Crippen LogP contribution in [0.25, 0.3) is 0 Å². The molecule has 130 valence electrons. The van der Waals surface area contributed by atoms with Gasteiger partial charge in [0.25, 0.3) is 0 Å². The van der Waals surface area contributed by atoms with Crippen LogP contribution in [0.3, 0.4) is 0 Å². The van der Waals surface area contributed by atoms with Crippen molar-refractivity contribution in [1.29, 1.82) is 0 Å². The van der Waals surface area contributed by atoms with Gasteiger partial charge in [-0.05, 0) is 44.2 Å². The molecule has 5 nitrogen and oxygen atoms in total. The topological polar surface area (TPSA) is 45.7 Å². The second kappa shape index (κ2) is 6.89. The third-order valence-electron chi connectivity index (χ3n) is 5.65. The molecule has 6 heteroatoms. The molecule has 2 saturated heterocycles. The van der Waals surface area contributed by atoms with Gasteiger partial charge in [-0.25, -0.2) is 4.98 Å². The van der Waals surface area contributed by atoms with Gasteiger partial charge in [0.05, 0.1) is 23.8 Å². The predicted octanol–water partition coefficient (Wildman–Crippen LogP) is 2.73. The van der Waals surface area contributed by atoms with Crippen LogP contribution in [0.2, 0.25) is 5.02 Å². The van der Waals surface area contributed by atoms with Crippen LogP contribution < -0.4 is 4.90 Å². The summed E-state index contributed by atoms with van der Waals surface area (Å²) in [4.78, 5) is 21.8. The van der Waals surface area contributed by atoms with Gasteiger partial charge in [-0.3, -0.25) is 4.79 Å². The summed E-state index contributed by atoms with van der Waals surface area (Å²) in [7, 11) is 0. The van der Waals surface area contributed by atoms with Crippen molar-refractivity contribution in [3.05, 3.63) is 23.4 Å². The number of anilines is 1. The molecule has 0 aromatic carbocycles. The molecule has 24 heavy (non-hydrogen) atoms. The maximum atomic E-state index is 13.0. The van der Waals surface area contributed by atoms with Crippen LogP contribution >= 0.6 is 11.6 Å². The lowest BCUT2D eigenvalue weighted by molar-refractivity contribution is -0.149. The van der Waals surface area contributed by atoms with Crippen molar-refractivity contribution in [2.75, 3.05) is 31.1 Å². The first-order valence-electron chi connectivity index (χ1n) is 9.01. The molecule has 1 aromatic rings. The zero-order valence-electron chi connectivity index (χ0n) is 13.9. The summed E-state index contributed by atoms with van der Waals surface area (Å²) >= 11 is 5.90.